The fourth-order valence-corrected chi connectivity index (χ4v) is 5.95. The summed E-state index contributed by atoms with van der Waals surface area (Å²) in [6, 6.07) is 0. The largest absolute Gasteiger partial charge is 0.411 e. The van der Waals surface area contributed by atoms with Gasteiger partial charge in [-0.3, -0.25) is 0 Å². The summed E-state index contributed by atoms with van der Waals surface area (Å²) in [6.07, 6.45) is 4.90. The monoisotopic (exact) mass is 328 g/mol. The minimum absolute atomic E-state index is 0.0600. The molecule has 0 saturated carbocycles. The van der Waals surface area contributed by atoms with Gasteiger partial charge >= 0.3 is 0 Å². The molecule has 2 unspecified atom stereocenters. The first kappa shape index (κ1) is 18.9. The van der Waals surface area contributed by atoms with Crippen LogP contribution in [0.5, 0.6) is 0 Å². The fourth-order valence-electron chi connectivity index (χ4n) is 2.58. The Morgan fingerprint density at radius 2 is 1.76 bits per heavy atom. The molecule has 0 aliphatic carbocycles. The van der Waals surface area contributed by atoms with Crippen LogP contribution in [0.1, 0.15) is 20.8 Å². The van der Waals surface area contributed by atoms with Crippen LogP contribution in [0, 0.1) is 18.3 Å². The Balaban J connectivity index is 3.00. The molecular weight excluding hydrogens is 296 g/mol. The Morgan fingerprint density at radius 1 is 1.24 bits per heavy atom. The van der Waals surface area contributed by atoms with Crippen molar-refractivity contribution in [3.05, 3.63) is 0 Å². The average molecular weight is 329 g/mol. The first-order chi connectivity index (χ1) is 9.31. The van der Waals surface area contributed by atoms with E-state index in [-0.39, 0.29) is 22.6 Å². The normalized spacial score (nSPS) is 29.2. The Kier molecular flexibility index (Phi) is 5.56. The van der Waals surface area contributed by atoms with Crippen LogP contribution in [0.4, 0.5) is 0 Å². The molecular formula is C16H32O3Si2. The van der Waals surface area contributed by atoms with E-state index in [1.54, 1.807) is 0 Å². The molecule has 0 aromatic rings. The standard InChI is InChI=1S/C16H32O3Si2/c1-10-13(20(5,6)7)14-12(11-18-15(14)17)19-21(8,9)16(2,3)4/h1,12-15,17H,11H2,2-9H3/t12-,13?,14+,15?/m0/s1. The Bertz CT molecular complexity index is 401. The lowest BCUT2D eigenvalue weighted by Gasteiger charge is -2.41. The number of hydrogen-bond acceptors (Lipinski definition) is 3. The van der Waals surface area contributed by atoms with Crippen LogP contribution in [0.2, 0.25) is 43.3 Å². The zero-order valence-corrected chi connectivity index (χ0v) is 16.9. The summed E-state index contributed by atoms with van der Waals surface area (Å²) in [6.45, 7) is 18.3. The van der Waals surface area contributed by atoms with E-state index in [4.69, 9.17) is 15.6 Å². The molecule has 21 heavy (non-hydrogen) atoms. The maximum Gasteiger partial charge on any atom is 0.192 e. The third kappa shape index (κ3) is 4.20. The zero-order chi connectivity index (χ0) is 16.6. The Hall–Kier alpha value is -0.126. The van der Waals surface area contributed by atoms with Gasteiger partial charge in [-0.15, -0.1) is 12.3 Å². The van der Waals surface area contributed by atoms with Gasteiger partial charge in [0.2, 0.25) is 0 Å². The molecule has 0 spiro atoms. The molecule has 1 fully saturated rings. The highest BCUT2D eigenvalue weighted by Crippen LogP contribution is 2.43. The van der Waals surface area contributed by atoms with E-state index in [1.165, 1.54) is 0 Å². The summed E-state index contributed by atoms with van der Waals surface area (Å²) in [5, 5.41) is 10.4. The number of terminal acetylenes is 1. The molecule has 1 heterocycles. The molecule has 0 aromatic heterocycles. The summed E-state index contributed by atoms with van der Waals surface area (Å²) in [5.74, 6) is 2.82. The summed E-state index contributed by atoms with van der Waals surface area (Å²) in [4.78, 5) is 0. The quantitative estimate of drug-likeness (QED) is 0.632. The van der Waals surface area contributed by atoms with Crippen LogP contribution in [-0.2, 0) is 9.16 Å². The fraction of sp³-hybridized carbons (Fsp3) is 0.875. The predicted octanol–water partition coefficient (Wildman–Crippen LogP) is 3.68. The van der Waals surface area contributed by atoms with Crippen molar-refractivity contribution in [2.45, 2.75) is 76.5 Å². The van der Waals surface area contributed by atoms with E-state index in [0.717, 1.165) is 0 Å². The summed E-state index contributed by atoms with van der Waals surface area (Å²) in [5.41, 5.74) is 0.0600. The first-order valence-electron chi connectivity index (χ1n) is 7.75. The van der Waals surface area contributed by atoms with Crippen LogP contribution in [-0.4, -0.2) is 40.5 Å². The highest BCUT2D eigenvalue weighted by Gasteiger charge is 2.49. The first-order valence-corrected chi connectivity index (χ1v) is 14.2. The van der Waals surface area contributed by atoms with Crippen molar-refractivity contribution in [1.82, 2.24) is 0 Å². The second-order valence-electron chi connectivity index (χ2n) is 8.73. The van der Waals surface area contributed by atoms with E-state index in [2.05, 4.69) is 59.4 Å². The van der Waals surface area contributed by atoms with Crippen LogP contribution in [0.25, 0.3) is 0 Å². The number of aliphatic hydroxyl groups is 1. The number of rotatable bonds is 4. The zero-order valence-electron chi connectivity index (χ0n) is 14.9. The topological polar surface area (TPSA) is 38.7 Å². The van der Waals surface area contributed by atoms with Gasteiger partial charge < -0.3 is 14.3 Å². The molecule has 4 atom stereocenters. The van der Waals surface area contributed by atoms with Gasteiger partial charge in [0.1, 0.15) is 0 Å². The molecule has 1 N–H and O–H groups in total. The molecule has 5 heteroatoms. The van der Waals surface area contributed by atoms with Crippen LogP contribution >= 0.6 is 0 Å². The summed E-state index contributed by atoms with van der Waals surface area (Å²) >= 11 is 0. The van der Waals surface area contributed by atoms with Crippen LogP contribution in [0.3, 0.4) is 0 Å². The summed E-state index contributed by atoms with van der Waals surface area (Å²) in [7, 11) is -3.50. The lowest BCUT2D eigenvalue weighted by atomic mass is 10.0. The van der Waals surface area contributed by atoms with Crippen molar-refractivity contribution in [2.75, 3.05) is 6.61 Å². The van der Waals surface area contributed by atoms with Gasteiger partial charge in [-0.05, 0) is 18.1 Å². The second-order valence-corrected chi connectivity index (χ2v) is 18.8. The lowest BCUT2D eigenvalue weighted by Crippen LogP contribution is -2.48. The van der Waals surface area contributed by atoms with E-state index < -0.39 is 22.7 Å². The van der Waals surface area contributed by atoms with Crippen LogP contribution < -0.4 is 0 Å². The molecule has 0 bridgehead atoms. The van der Waals surface area contributed by atoms with Gasteiger partial charge in [0.15, 0.2) is 14.6 Å². The Labute approximate surface area is 132 Å². The second kappa shape index (κ2) is 6.17. The van der Waals surface area contributed by atoms with Crippen molar-refractivity contribution >= 4 is 16.4 Å². The molecule has 1 aliphatic heterocycles. The predicted molar refractivity (Wildman–Crippen MR) is 93.4 cm³/mol. The van der Waals surface area contributed by atoms with Gasteiger partial charge in [0.05, 0.1) is 20.8 Å². The minimum Gasteiger partial charge on any atom is -0.411 e. The number of ether oxygens (including phenoxy) is 1. The van der Waals surface area contributed by atoms with Gasteiger partial charge in [0.25, 0.3) is 0 Å². The van der Waals surface area contributed by atoms with Crippen molar-refractivity contribution < 1.29 is 14.3 Å². The number of aliphatic hydroxyl groups excluding tert-OH is 1. The van der Waals surface area contributed by atoms with Gasteiger partial charge in [-0.1, -0.05) is 40.4 Å². The minimum atomic E-state index is -1.90. The smallest absolute Gasteiger partial charge is 0.192 e. The highest BCUT2D eigenvalue weighted by molar-refractivity contribution is 6.78. The molecule has 1 rings (SSSR count). The van der Waals surface area contributed by atoms with Gasteiger partial charge in [-0.2, -0.15) is 0 Å². The molecule has 3 nitrogen and oxygen atoms in total. The van der Waals surface area contributed by atoms with E-state index in [0.29, 0.717) is 6.61 Å². The Morgan fingerprint density at radius 3 is 2.14 bits per heavy atom. The van der Waals surface area contributed by atoms with E-state index in [9.17, 15) is 5.11 Å². The van der Waals surface area contributed by atoms with Crippen LogP contribution in [0.15, 0.2) is 0 Å². The third-order valence-corrected chi connectivity index (χ3v) is 11.9. The van der Waals surface area contributed by atoms with Gasteiger partial charge in [-0.25, -0.2) is 0 Å². The molecule has 0 radical (unpaired) electrons. The highest BCUT2D eigenvalue weighted by atomic mass is 28.4. The summed E-state index contributed by atoms with van der Waals surface area (Å²) < 4.78 is 12.0. The van der Waals surface area contributed by atoms with Crippen molar-refractivity contribution in [3.63, 3.8) is 0 Å². The number of hydrogen-bond donors (Lipinski definition) is 1. The molecule has 0 amide bonds. The van der Waals surface area contributed by atoms with Crippen molar-refractivity contribution in [2.24, 2.45) is 5.92 Å². The van der Waals surface area contributed by atoms with Crippen molar-refractivity contribution in [1.29, 1.82) is 0 Å². The average Bonchev–Trinajstić information content (AvgIpc) is 2.58. The molecule has 1 aliphatic rings. The van der Waals surface area contributed by atoms with E-state index in [1.807, 2.05) is 0 Å². The molecule has 122 valence electrons. The SMILES string of the molecule is C#CC([C@@H]1C(O)OC[C@@H]1O[Si](C)(C)C(C)(C)C)[Si](C)(C)C. The lowest BCUT2D eigenvalue weighted by molar-refractivity contribution is -0.0815. The maximum absolute atomic E-state index is 10.3. The molecule has 0 aromatic carbocycles. The van der Waals surface area contributed by atoms with E-state index >= 15 is 0 Å². The van der Waals surface area contributed by atoms with Crippen molar-refractivity contribution in [3.8, 4) is 12.3 Å². The third-order valence-electron chi connectivity index (χ3n) is 4.94. The maximum atomic E-state index is 10.3. The molecule has 1 saturated heterocycles. The van der Waals surface area contributed by atoms with Gasteiger partial charge in [0, 0.05) is 11.5 Å².